The molecule has 1 saturated heterocycles. The SMILES string of the molecule is C#CCOC[C@@H]1O[C@H]1c1ccccc1. The van der Waals surface area contributed by atoms with E-state index in [9.17, 15) is 0 Å². The number of rotatable bonds is 4. The molecule has 0 aromatic heterocycles. The molecule has 1 aliphatic rings. The van der Waals surface area contributed by atoms with Gasteiger partial charge in [0, 0.05) is 0 Å². The maximum atomic E-state index is 5.46. The Hall–Kier alpha value is -1.30. The predicted molar refractivity (Wildman–Crippen MR) is 53.7 cm³/mol. The molecule has 72 valence electrons. The highest BCUT2D eigenvalue weighted by Gasteiger charge is 2.39. The van der Waals surface area contributed by atoms with Crippen LogP contribution in [0.2, 0.25) is 0 Å². The van der Waals surface area contributed by atoms with E-state index in [0.29, 0.717) is 13.2 Å². The molecule has 14 heavy (non-hydrogen) atoms. The van der Waals surface area contributed by atoms with Crippen molar-refractivity contribution in [2.24, 2.45) is 0 Å². The fraction of sp³-hybridized carbons (Fsp3) is 0.333. The van der Waals surface area contributed by atoms with Gasteiger partial charge in [0.2, 0.25) is 0 Å². The molecule has 0 N–H and O–H groups in total. The lowest BCUT2D eigenvalue weighted by atomic mass is 10.1. The van der Waals surface area contributed by atoms with Gasteiger partial charge in [-0.15, -0.1) is 6.42 Å². The lowest BCUT2D eigenvalue weighted by Gasteiger charge is -1.95. The maximum absolute atomic E-state index is 5.46. The van der Waals surface area contributed by atoms with Crippen LogP contribution < -0.4 is 0 Å². The Morgan fingerprint density at radius 3 is 2.86 bits per heavy atom. The van der Waals surface area contributed by atoms with Crippen LogP contribution >= 0.6 is 0 Å². The first-order valence-corrected chi connectivity index (χ1v) is 4.63. The van der Waals surface area contributed by atoms with Gasteiger partial charge >= 0.3 is 0 Å². The van der Waals surface area contributed by atoms with Crippen LogP contribution in [0.5, 0.6) is 0 Å². The van der Waals surface area contributed by atoms with Crippen molar-refractivity contribution < 1.29 is 9.47 Å². The molecule has 1 aromatic carbocycles. The average Bonchev–Trinajstić information content (AvgIpc) is 2.99. The Morgan fingerprint density at radius 2 is 2.14 bits per heavy atom. The molecular weight excluding hydrogens is 176 g/mol. The molecule has 2 atom stereocenters. The van der Waals surface area contributed by atoms with Gasteiger partial charge in [-0.05, 0) is 5.56 Å². The number of hydrogen-bond acceptors (Lipinski definition) is 2. The number of benzene rings is 1. The molecule has 0 radical (unpaired) electrons. The Morgan fingerprint density at radius 1 is 1.36 bits per heavy atom. The van der Waals surface area contributed by atoms with Crippen LogP contribution in [0.4, 0.5) is 0 Å². The summed E-state index contributed by atoms with van der Waals surface area (Å²) in [5.41, 5.74) is 1.21. The first-order chi connectivity index (χ1) is 6.92. The highest BCUT2D eigenvalue weighted by molar-refractivity contribution is 5.22. The first-order valence-electron chi connectivity index (χ1n) is 4.63. The number of epoxide rings is 1. The van der Waals surface area contributed by atoms with Crippen molar-refractivity contribution >= 4 is 0 Å². The molecule has 0 saturated carbocycles. The van der Waals surface area contributed by atoms with E-state index in [0.717, 1.165) is 0 Å². The van der Waals surface area contributed by atoms with Crippen molar-refractivity contribution in [1.82, 2.24) is 0 Å². The van der Waals surface area contributed by atoms with Crippen molar-refractivity contribution in [1.29, 1.82) is 0 Å². The molecule has 2 heteroatoms. The minimum absolute atomic E-state index is 0.186. The molecule has 0 aliphatic carbocycles. The summed E-state index contributed by atoms with van der Waals surface area (Å²) in [6.45, 7) is 0.950. The van der Waals surface area contributed by atoms with Crippen LogP contribution in [0.3, 0.4) is 0 Å². The van der Waals surface area contributed by atoms with Crippen molar-refractivity contribution in [2.45, 2.75) is 12.2 Å². The third-order valence-corrected chi connectivity index (χ3v) is 2.18. The van der Waals surface area contributed by atoms with E-state index >= 15 is 0 Å². The van der Waals surface area contributed by atoms with Gasteiger partial charge in [0.05, 0.1) is 6.61 Å². The van der Waals surface area contributed by atoms with E-state index in [1.54, 1.807) is 0 Å². The van der Waals surface area contributed by atoms with E-state index in [4.69, 9.17) is 15.9 Å². The maximum Gasteiger partial charge on any atom is 0.112 e. The molecule has 1 aromatic rings. The van der Waals surface area contributed by atoms with Gasteiger partial charge in [0.15, 0.2) is 0 Å². The summed E-state index contributed by atoms with van der Waals surface area (Å²) < 4.78 is 10.7. The van der Waals surface area contributed by atoms with Crippen LogP contribution in [0, 0.1) is 12.3 Å². The normalized spacial score (nSPS) is 24.2. The first kappa shape index (κ1) is 9.26. The van der Waals surface area contributed by atoms with Crippen molar-refractivity contribution in [3.8, 4) is 12.3 Å². The molecule has 0 bridgehead atoms. The quantitative estimate of drug-likeness (QED) is 0.408. The van der Waals surface area contributed by atoms with E-state index in [1.165, 1.54) is 5.56 Å². The summed E-state index contributed by atoms with van der Waals surface area (Å²) in [4.78, 5) is 0. The molecule has 2 rings (SSSR count). The predicted octanol–water partition coefficient (Wildman–Crippen LogP) is 1.78. The second kappa shape index (κ2) is 4.28. The monoisotopic (exact) mass is 188 g/mol. The zero-order valence-electron chi connectivity index (χ0n) is 7.85. The van der Waals surface area contributed by atoms with Crippen LogP contribution in [-0.2, 0) is 9.47 Å². The fourth-order valence-electron chi connectivity index (χ4n) is 1.44. The number of terminal acetylenes is 1. The zero-order chi connectivity index (χ0) is 9.80. The van der Waals surface area contributed by atoms with Gasteiger partial charge in [0.25, 0.3) is 0 Å². The smallest absolute Gasteiger partial charge is 0.112 e. The molecule has 0 amide bonds. The topological polar surface area (TPSA) is 21.8 Å². The van der Waals surface area contributed by atoms with E-state index in [1.807, 2.05) is 18.2 Å². The molecule has 0 unspecified atom stereocenters. The summed E-state index contributed by atoms with van der Waals surface area (Å²) in [5, 5.41) is 0. The lowest BCUT2D eigenvalue weighted by Crippen LogP contribution is -2.02. The van der Waals surface area contributed by atoms with E-state index < -0.39 is 0 Å². The van der Waals surface area contributed by atoms with E-state index in [2.05, 4.69) is 18.1 Å². The number of hydrogen-bond donors (Lipinski definition) is 0. The minimum Gasteiger partial charge on any atom is -0.366 e. The summed E-state index contributed by atoms with van der Waals surface area (Å²) in [5.74, 6) is 2.43. The molecule has 0 spiro atoms. The second-order valence-electron chi connectivity index (χ2n) is 3.23. The standard InChI is InChI=1S/C12H12O2/c1-2-8-13-9-11-12(14-11)10-6-4-3-5-7-10/h1,3-7,11-12H,8-9H2/t11-,12-/m0/s1. The second-order valence-corrected chi connectivity index (χ2v) is 3.23. The zero-order valence-corrected chi connectivity index (χ0v) is 7.85. The highest BCUT2D eigenvalue weighted by Crippen LogP contribution is 2.38. The molecule has 1 aliphatic heterocycles. The van der Waals surface area contributed by atoms with Crippen molar-refractivity contribution in [3.63, 3.8) is 0 Å². The molecule has 1 fully saturated rings. The largest absolute Gasteiger partial charge is 0.366 e. The average molecular weight is 188 g/mol. The van der Waals surface area contributed by atoms with Gasteiger partial charge in [-0.1, -0.05) is 36.3 Å². The Bertz CT molecular complexity index is 326. The minimum atomic E-state index is 0.186. The Labute approximate surface area is 83.8 Å². The molecule has 1 heterocycles. The summed E-state index contributed by atoms with van der Waals surface area (Å²) in [6.07, 6.45) is 5.45. The van der Waals surface area contributed by atoms with Crippen LogP contribution in [0.25, 0.3) is 0 Å². The van der Waals surface area contributed by atoms with Gasteiger partial charge in [-0.25, -0.2) is 0 Å². The highest BCUT2D eigenvalue weighted by atomic mass is 16.6. The number of ether oxygens (including phenoxy) is 2. The van der Waals surface area contributed by atoms with Crippen LogP contribution in [-0.4, -0.2) is 19.3 Å². The summed E-state index contributed by atoms with van der Waals surface area (Å²) >= 11 is 0. The van der Waals surface area contributed by atoms with Crippen molar-refractivity contribution in [2.75, 3.05) is 13.2 Å². The van der Waals surface area contributed by atoms with E-state index in [-0.39, 0.29) is 12.2 Å². The van der Waals surface area contributed by atoms with Gasteiger partial charge in [-0.3, -0.25) is 0 Å². The summed E-state index contributed by atoms with van der Waals surface area (Å²) in [7, 11) is 0. The van der Waals surface area contributed by atoms with Gasteiger partial charge in [-0.2, -0.15) is 0 Å². The Kier molecular flexibility index (Phi) is 2.83. The third-order valence-electron chi connectivity index (χ3n) is 2.18. The molecule has 2 nitrogen and oxygen atoms in total. The van der Waals surface area contributed by atoms with Crippen LogP contribution in [0.1, 0.15) is 11.7 Å². The third kappa shape index (κ3) is 2.14. The van der Waals surface area contributed by atoms with Crippen LogP contribution in [0.15, 0.2) is 30.3 Å². The van der Waals surface area contributed by atoms with Gasteiger partial charge < -0.3 is 9.47 Å². The Balaban J connectivity index is 1.80. The molecular formula is C12H12O2. The fourth-order valence-corrected chi connectivity index (χ4v) is 1.44. The summed E-state index contributed by atoms with van der Waals surface area (Å²) in [6, 6.07) is 10.1. The lowest BCUT2D eigenvalue weighted by molar-refractivity contribution is 0.145. The van der Waals surface area contributed by atoms with Crippen molar-refractivity contribution in [3.05, 3.63) is 35.9 Å². The van der Waals surface area contributed by atoms with Gasteiger partial charge in [0.1, 0.15) is 18.8 Å².